The first-order valence-electron chi connectivity index (χ1n) is 4.84. The van der Waals surface area contributed by atoms with Gasteiger partial charge < -0.3 is 5.11 Å². The number of unbranched alkanes of at least 4 members (excludes halogenated alkanes) is 1. The summed E-state index contributed by atoms with van der Waals surface area (Å²) in [7, 11) is 0. The van der Waals surface area contributed by atoms with Gasteiger partial charge in [-0.25, -0.2) is 0 Å². The maximum atomic E-state index is 8.97. The van der Waals surface area contributed by atoms with E-state index in [1.165, 1.54) is 25.7 Å². The minimum absolute atomic E-state index is 0.105. The zero-order chi connectivity index (χ0) is 8.69. The van der Waals surface area contributed by atoms with Gasteiger partial charge in [0.15, 0.2) is 0 Å². The van der Waals surface area contributed by atoms with Gasteiger partial charge in [-0.1, -0.05) is 39.5 Å². The summed E-state index contributed by atoms with van der Waals surface area (Å²) in [6, 6.07) is 0. The molecule has 0 saturated carbocycles. The van der Waals surface area contributed by atoms with Crippen LogP contribution >= 0.6 is 0 Å². The van der Waals surface area contributed by atoms with Crippen molar-refractivity contribution in [1.29, 1.82) is 0 Å². The van der Waals surface area contributed by atoms with E-state index in [1.807, 2.05) is 6.92 Å². The summed E-state index contributed by atoms with van der Waals surface area (Å²) in [6.07, 6.45) is 5.93. The molecule has 0 heterocycles. The molecule has 0 aromatic rings. The van der Waals surface area contributed by atoms with E-state index in [-0.39, 0.29) is 6.10 Å². The molecule has 1 heteroatoms. The Morgan fingerprint density at radius 1 is 1.09 bits per heavy atom. The molecule has 0 aromatic carbocycles. The van der Waals surface area contributed by atoms with Crippen LogP contribution in [0, 0.1) is 5.92 Å². The molecule has 68 valence electrons. The van der Waals surface area contributed by atoms with Crippen LogP contribution in [0.2, 0.25) is 0 Å². The Balaban J connectivity index is 3.01. The maximum Gasteiger partial charge on any atom is 0.0512 e. The molecule has 0 radical (unpaired) electrons. The molecular weight excluding hydrogens is 136 g/mol. The SMILES string of the molecule is CC[C@@H](C)CCCC[C@H](C)O. The fourth-order valence-corrected chi connectivity index (χ4v) is 1.14. The van der Waals surface area contributed by atoms with Gasteiger partial charge in [0, 0.05) is 0 Å². The van der Waals surface area contributed by atoms with E-state index in [0.717, 1.165) is 12.3 Å². The van der Waals surface area contributed by atoms with E-state index in [4.69, 9.17) is 5.11 Å². The summed E-state index contributed by atoms with van der Waals surface area (Å²) in [4.78, 5) is 0. The Morgan fingerprint density at radius 2 is 1.64 bits per heavy atom. The Labute approximate surface area is 70.8 Å². The third-order valence-electron chi connectivity index (χ3n) is 2.27. The summed E-state index contributed by atoms with van der Waals surface area (Å²) < 4.78 is 0. The fraction of sp³-hybridized carbons (Fsp3) is 1.00. The van der Waals surface area contributed by atoms with Crippen molar-refractivity contribution in [1.82, 2.24) is 0 Å². The minimum atomic E-state index is -0.105. The highest BCUT2D eigenvalue weighted by atomic mass is 16.3. The molecular formula is C10H22O. The van der Waals surface area contributed by atoms with Gasteiger partial charge in [-0.15, -0.1) is 0 Å². The van der Waals surface area contributed by atoms with Crippen molar-refractivity contribution in [3.05, 3.63) is 0 Å². The lowest BCUT2D eigenvalue weighted by Crippen LogP contribution is -1.99. The standard InChI is InChI=1S/C10H22O/c1-4-9(2)7-5-6-8-10(3)11/h9-11H,4-8H2,1-3H3/t9-,10+/m1/s1. The second-order valence-electron chi connectivity index (χ2n) is 3.65. The lowest BCUT2D eigenvalue weighted by Gasteiger charge is -2.08. The quantitative estimate of drug-likeness (QED) is 0.589. The molecule has 0 rings (SSSR count). The number of aliphatic hydroxyl groups is 1. The average molecular weight is 158 g/mol. The molecule has 0 saturated heterocycles. The van der Waals surface area contributed by atoms with Gasteiger partial charge in [0.1, 0.15) is 0 Å². The lowest BCUT2D eigenvalue weighted by atomic mass is 10.0. The minimum Gasteiger partial charge on any atom is -0.393 e. The molecule has 2 atom stereocenters. The first-order valence-corrected chi connectivity index (χ1v) is 4.84. The molecule has 11 heavy (non-hydrogen) atoms. The van der Waals surface area contributed by atoms with Crippen LogP contribution in [-0.2, 0) is 0 Å². The van der Waals surface area contributed by atoms with Crippen molar-refractivity contribution in [2.24, 2.45) is 5.92 Å². The summed E-state index contributed by atoms with van der Waals surface area (Å²) in [5.41, 5.74) is 0. The molecule has 0 aliphatic heterocycles. The molecule has 0 aliphatic carbocycles. The first-order chi connectivity index (χ1) is 5.16. The van der Waals surface area contributed by atoms with Gasteiger partial charge in [-0.05, 0) is 19.3 Å². The van der Waals surface area contributed by atoms with E-state index in [1.54, 1.807) is 0 Å². The Bertz CT molecular complexity index is 78.9. The second-order valence-corrected chi connectivity index (χ2v) is 3.65. The van der Waals surface area contributed by atoms with Crippen LogP contribution < -0.4 is 0 Å². The molecule has 1 nitrogen and oxygen atoms in total. The number of hydrogen-bond donors (Lipinski definition) is 1. The summed E-state index contributed by atoms with van der Waals surface area (Å²) in [5.74, 6) is 0.865. The fourth-order valence-electron chi connectivity index (χ4n) is 1.14. The van der Waals surface area contributed by atoms with Gasteiger partial charge in [0.2, 0.25) is 0 Å². The van der Waals surface area contributed by atoms with E-state index in [9.17, 15) is 0 Å². The predicted molar refractivity (Wildman–Crippen MR) is 49.6 cm³/mol. The number of aliphatic hydroxyl groups excluding tert-OH is 1. The van der Waals surface area contributed by atoms with E-state index < -0.39 is 0 Å². The van der Waals surface area contributed by atoms with Gasteiger partial charge in [-0.3, -0.25) is 0 Å². The van der Waals surface area contributed by atoms with Gasteiger partial charge in [-0.2, -0.15) is 0 Å². The van der Waals surface area contributed by atoms with Gasteiger partial charge in [0.05, 0.1) is 6.10 Å². The highest BCUT2D eigenvalue weighted by Crippen LogP contribution is 2.12. The number of hydrogen-bond acceptors (Lipinski definition) is 1. The Morgan fingerprint density at radius 3 is 2.09 bits per heavy atom. The van der Waals surface area contributed by atoms with Gasteiger partial charge in [0.25, 0.3) is 0 Å². The van der Waals surface area contributed by atoms with Crippen molar-refractivity contribution in [3.63, 3.8) is 0 Å². The van der Waals surface area contributed by atoms with Crippen molar-refractivity contribution in [2.45, 2.75) is 59.0 Å². The molecule has 0 aliphatic rings. The maximum absolute atomic E-state index is 8.97. The molecule has 0 unspecified atom stereocenters. The van der Waals surface area contributed by atoms with Crippen LogP contribution in [0.3, 0.4) is 0 Å². The monoisotopic (exact) mass is 158 g/mol. The van der Waals surface area contributed by atoms with E-state index in [2.05, 4.69) is 13.8 Å². The predicted octanol–water partition coefficient (Wildman–Crippen LogP) is 2.97. The molecule has 0 spiro atoms. The van der Waals surface area contributed by atoms with Crippen LogP contribution in [0.1, 0.15) is 52.9 Å². The Kier molecular flexibility index (Phi) is 6.63. The van der Waals surface area contributed by atoms with Crippen LogP contribution in [0.4, 0.5) is 0 Å². The van der Waals surface area contributed by atoms with Crippen LogP contribution in [-0.4, -0.2) is 11.2 Å². The van der Waals surface area contributed by atoms with Crippen molar-refractivity contribution < 1.29 is 5.11 Å². The lowest BCUT2D eigenvalue weighted by molar-refractivity contribution is 0.179. The van der Waals surface area contributed by atoms with E-state index >= 15 is 0 Å². The second kappa shape index (κ2) is 6.66. The first kappa shape index (κ1) is 11.0. The highest BCUT2D eigenvalue weighted by Gasteiger charge is 1.99. The number of rotatable bonds is 6. The summed E-state index contributed by atoms with van der Waals surface area (Å²) in [5, 5.41) is 8.97. The topological polar surface area (TPSA) is 20.2 Å². The molecule has 0 bridgehead atoms. The van der Waals surface area contributed by atoms with Crippen molar-refractivity contribution >= 4 is 0 Å². The molecule has 0 fully saturated rings. The zero-order valence-electron chi connectivity index (χ0n) is 8.14. The zero-order valence-corrected chi connectivity index (χ0v) is 8.14. The normalized spacial score (nSPS) is 16.4. The third kappa shape index (κ3) is 7.86. The van der Waals surface area contributed by atoms with Crippen LogP contribution in [0.5, 0.6) is 0 Å². The van der Waals surface area contributed by atoms with Crippen molar-refractivity contribution in [2.75, 3.05) is 0 Å². The smallest absolute Gasteiger partial charge is 0.0512 e. The van der Waals surface area contributed by atoms with E-state index in [0.29, 0.717) is 0 Å². The average Bonchev–Trinajstić information content (AvgIpc) is 1.97. The summed E-state index contributed by atoms with van der Waals surface area (Å²) in [6.45, 7) is 6.39. The Hall–Kier alpha value is -0.0400. The van der Waals surface area contributed by atoms with Gasteiger partial charge >= 0.3 is 0 Å². The largest absolute Gasteiger partial charge is 0.393 e. The van der Waals surface area contributed by atoms with Crippen LogP contribution in [0.25, 0.3) is 0 Å². The highest BCUT2D eigenvalue weighted by molar-refractivity contribution is 4.52. The molecule has 1 N–H and O–H groups in total. The van der Waals surface area contributed by atoms with Crippen molar-refractivity contribution in [3.8, 4) is 0 Å². The molecule has 0 amide bonds. The summed E-state index contributed by atoms with van der Waals surface area (Å²) >= 11 is 0. The van der Waals surface area contributed by atoms with Crippen LogP contribution in [0.15, 0.2) is 0 Å². The molecule has 0 aromatic heterocycles. The third-order valence-corrected chi connectivity index (χ3v) is 2.27.